The number of aromatic nitrogens is 2. The molecule has 0 saturated carbocycles. The Balaban J connectivity index is 1.77. The third-order valence-corrected chi connectivity index (χ3v) is 5.21. The summed E-state index contributed by atoms with van der Waals surface area (Å²) in [5, 5.41) is 7.22. The minimum atomic E-state index is -2.89. The number of carbonyl (C=O) groups is 1. The number of amides is 1. The minimum Gasteiger partial charge on any atom is -0.435 e. The second-order valence-corrected chi connectivity index (χ2v) is 7.69. The van der Waals surface area contributed by atoms with E-state index in [1.165, 1.54) is 23.9 Å². The third-order valence-electron chi connectivity index (χ3n) is 4.04. The summed E-state index contributed by atoms with van der Waals surface area (Å²) in [6.45, 7) is -2.89. The molecule has 0 bridgehead atoms. The molecule has 29 heavy (non-hydrogen) atoms. The first-order valence-electron chi connectivity index (χ1n) is 8.45. The smallest absolute Gasteiger partial charge is 0.387 e. The quantitative estimate of drug-likeness (QED) is 0.473. The lowest BCUT2D eigenvalue weighted by Gasteiger charge is -2.05. The number of hydrogen-bond acceptors (Lipinski definition) is 5. The van der Waals surface area contributed by atoms with Crippen molar-refractivity contribution in [2.24, 2.45) is 0 Å². The first-order valence-corrected chi connectivity index (χ1v) is 9.67. The van der Waals surface area contributed by atoms with Gasteiger partial charge in [-0.05, 0) is 42.5 Å². The van der Waals surface area contributed by atoms with Crippen molar-refractivity contribution in [1.29, 1.82) is 0 Å². The molecule has 1 saturated heterocycles. The highest BCUT2D eigenvalue weighted by molar-refractivity contribution is 8.26. The van der Waals surface area contributed by atoms with Gasteiger partial charge in [-0.2, -0.15) is 13.9 Å². The van der Waals surface area contributed by atoms with Gasteiger partial charge >= 0.3 is 6.61 Å². The number of carbonyl (C=O) groups excluding carboxylic acids is 1. The highest BCUT2D eigenvalue weighted by Crippen LogP contribution is 2.31. The van der Waals surface area contributed by atoms with E-state index in [-0.39, 0.29) is 11.7 Å². The van der Waals surface area contributed by atoms with E-state index in [2.05, 4.69) is 15.2 Å². The number of hydrogen-bond donors (Lipinski definition) is 1. The highest BCUT2D eigenvalue weighted by Gasteiger charge is 2.23. The van der Waals surface area contributed by atoms with E-state index in [1.54, 1.807) is 29.1 Å². The molecule has 1 aromatic heterocycles. The van der Waals surface area contributed by atoms with E-state index in [0.29, 0.717) is 26.0 Å². The van der Waals surface area contributed by atoms with Crippen molar-refractivity contribution >= 4 is 40.3 Å². The Morgan fingerprint density at radius 1 is 1.14 bits per heavy atom. The van der Waals surface area contributed by atoms with Gasteiger partial charge in [0.15, 0.2) is 0 Å². The SMILES string of the molecule is O=C1NC(=S)S/C1=C\c1cn(-c2ccccc2)nc1-c1ccc(OC(F)F)cc1. The minimum absolute atomic E-state index is 0.0576. The van der Waals surface area contributed by atoms with Crippen LogP contribution >= 0.6 is 24.0 Å². The van der Waals surface area contributed by atoms with Crippen LogP contribution in [0.15, 0.2) is 65.7 Å². The van der Waals surface area contributed by atoms with E-state index >= 15 is 0 Å². The van der Waals surface area contributed by atoms with Gasteiger partial charge in [0.1, 0.15) is 10.1 Å². The van der Waals surface area contributed by atoms with Crippen molar-refractivity contribution in [3.63, 3.8) is 0 Å². The van der Waals surface area contributed by atoms with Crippen molar-refractivity contribution in [2.45, 2.75) is 6.61 Å². The Bertz CT molecular complexity index is 1100. The molecule has 9 heteroatoms. The van der Waals surface area contributed by atoms with Gasteiger partial charge in [0, 0.05) is 17.3 Å². The summed E-state index contributed by atoms with van der Waals surface area (Å²) >= 11 is 6.22. The lowest BCUT2D eigenvalue weighted by atomic mass is 10.1. The van der Waals surface area contributed by atoms with Gasteiger partial charge in [-0.15, -0.1) is 0 Å². The van der Waals surface area contributed by atoms with Crippen LogP contribution in [0.25, 0.3) is 23.0 Å². The second-order valence-electron chi connectivity index (χ2n) is 5.97. The van der Waals surface area contributed by atoms with E-state index in [0.717, 1.165) is 5.69 Å². The van der Waals surface area contributed by atoms with Crippen LogP contribution in [-0.4, -0.2) is 26.6 Å². The van der Waals surface area contributed by atoms with Crippen molar-refractivity contribution in [3.8, 4) is 22.7 Å². The van der Waals surface area contributed by atoms with E-state index in [4.69, 9.17) is 12.2 Å². The monoisotopic (exact) mass is 429 g/mol. The maximum Gasteiger partial charge on any atom is 0.387 e. The third kappa shape index (κ3) is 4.36. The van der Waals surface area contributed by atoms with Crippen molar-refractivity contribution in [1.82, 2.24) is 15.1 Å². The van der Waals surface area contributed by atoms with Crippen molar-refractivity contribution in [2.75, 3.05) is 0 Å². The Hall–Kier alpha value is -3.04. The average molecular weight is 429 g/mol. The Morgan fingerprint density at radius 2 is 1.86 bits per heavy atom. The van der Waals surface area contributed by atoms with Gasteiger partial charge in [0.2, 0.25) is 0 Å². The number of rotatable bonds is 5. The molecule has 1 amide bonds. The summed E-state index contributed by atoms with van der Waals surface area (Å²) in [6, 6.07) is 15.7. The van der Waals surface area contributed by atoms with Crippen LogP contribution in [0.3, 0.4) is 0 Å². The zero-order chi connectivity index (χ0) is 20.4. The molecular formula is C20H13F2N3O2S2. The van der Waals surface area contributed by atoms with Gasteiger partial charge in [0.25, 0.3) is 5.91 Å². The van der Waals surface area contributed by atoms with Crippen LogP contribution in [0, 0.1) is 0 Å². The number of thiocarbonyl (C=S) groups is 1. The van der Waals surface area contributed by atoms with Gasteiger partial charge in [-0.1, -0.05) is 42.2 Å². The van der Waals surface area contributed by atoms with Crippen LogP contribution in [0.1, 0.15) is 5.56 Å². The number of halogens is 2. The maximum absolute atomic E-state index is 12.4. The lowest BCUT2D eigenvalue weighted by Crippen LogP contribution is -2.17. The summed E-state index contributed by atoms with van der Waals surface area (Å²) in [5.41, 5.74) is 2.82. The van der Waals surface area contributed by atoms with Crippen molar-refractivity contribution < 1.29 is 18.3 Å². The summed E-state index contributed by atoms with van der Waals surface area (Å²) in [7, 11) is 0. The molecule has 2 aromatic carbocycles. The van der Waals surface area contributed by atoms with Crippen molar-refractivity contribution in [3.05, 3.63) is 71.3 Å². The highest BCUT2D eigenvalue weighted by atomic mass is 32.2. The van der Waals surface area contributed by atoms with Crippen LogP contribution in [0.5, 0.6) is 5.75 Å². The van der Waals surface area contributed by atoms with Crippen LogP contribution in [0.2, 0.25) is 0 Å². The zero-order valence-corrected chi connectivity index (χ0v) is 16.3. The summed E-state index contributed by atoms with van der Waals surface area (Å²) in [5.74, 6) is -0.207. The predicted octanol–water partition coefficient (Wildman–Crippen LogP) is 4.63. The first kappa shape index (κ1) is 19.3. The fourth-order valence-corrected chi connectivity index (χ4v) is 3.82. The fraction of sp³-hybridized carbons (Fsp3) is 0.0500. The number of para-hydroxylation sites is 1. The maximum atomic E-state index is 12.4. The molecule has 2 heterocycles. The van der Waals surface area contributed by atoms with Gasteiger partial charge in [-0.25, -0.2) is 4.68 Å². The standard InChI is InChI=1S/C20H13F2N3O2S2/c21-19(22)27-15-8-6-12(7-9-15)17-13(10-16-18(26)23-20(28)29-16)11-25(24-17)14-4-2-1-3-5-14/h1-11,19H,(H,23,26,28)/b16-10-. The number of thioether (sulfide) groups is 1. The fourth-order valence-electron chi connectivity index (χ4n) is 2.79. The summed E-state index contributed by atoms with van der Waals surface area (Å²) < 4.78 is 31.3. The molecule has 0 spiro atoms. The van der Waals surface area contributed by atoms with Gasteiger partial charge < -0.3 is 10.1 Å². The van der Waals surface area contributed by atoms with Crippen LogP contribution < -0.4 is 10.1 Å². The van der Waals surface area contributed by atoms with E-state index < -0.39 is 6.61 Å². The predicted molar refractivity (Wildman–Crippen MR) is 112 cm³/mol. The molecule has 5 nitrogen and oxygen atoms in total. The molecule has 0 atom stereocenters. The molecule has 1 aliphatic heterocycles. The normalized spacial score (nSPS) is 15.2. The lowest BCUT2D eigenvalue weighted by molar-refractivity contribution is -0.115. The van der Waals surface area contributed by atoms with Gasteiger partial charge in [-0.3, -0.25) is 4.79 Å². The Labute approximate surface area is 174 Å². The Morgan fingerprint density at radius 3 is 2.48 bits per heavy atom. The number of benzene rings is 2. The molecule has 3 aromatic rings. The largest absolute Gasteiger partial charge is 0.435 e. The van der Waals surface area contributed by atoms with E-state index in [9.17, 15) is 13.6 Å². The number of ether oxygens (including phenoxy) is 1. The van der Waals surface area contributed by atoms with Gasteiger partial charge in [0.05, 0.1) is 16.3 Å². The molecule has 0 radical (unpaired) electrons. The molecule has 1 aliphatic rings. The topological polar surface area (TPSA) is 56.2 Å². The average Bonchev–Trinajstić information content (AvgIpc) is 3.26. The number of alkyl halides is 2. The van der Waals surface area contributed by atoms with Crippen LogP contribution in [0.4, 0.5) is 8.78 Å². The molecule has 1 fully saturated rings. The Kier molecular flexibility index (Phi) is 5.41. The number of nitrogens with one attached hydrogen (secondary N) is 1. The molecule has 0 unspecified atom stereocenters. The first-order chi connectivity index (χ1) is 14.0. The molecule has 4 rings (SSSR count). The van der Waals surface area contributed by atoms with E-state index in [1.807, 2.05) is 30.3 Å². The number of nitrogens with zero attached hydrogens (tertiary/aromatic N) is 2. The van der Waals surface area contributed by atoms with Crippen LogP contribution in [-0.2, 0) is 4.79 Å². The summed E-state index contributed by atoms with van der Waals surface area (Å²) in [6.07, 6.45) is 3.51. The molecule has 0 aliphatic carbocycles. The molecule has 146 valence electrons. The zero-order valence-electron chi connectivity index (χ0n) is 14.7. The molecule has 1 N–H and O–H groups in total. The second kappa shape index (κ2) is 8.14. The summed E-state index contributed by atoms with van der Waals surface area (Å²) in [4.78, 5) is 12.5. The molecular weight excluding hydrogens is 416 g/mol.